The molecule has 0 aromatic carbocycles. The molecule has 1 aromatic heterocycles. The summed E-state index contributed by atoms with van der Waals surface area (Å²) in [5.41, 5.74) is 0.486. The fourth-order valence-corrected chi connectivity index (χ4v) is 3.33. The van der Waals surface area contributed by atoms with Gasteiger partial charge in [-0.15, -0.1) is 0 Å². The van der Waals surface area contributed by atoms with Crippen LogP contribution in [0, 0.1) is 17.2 Å². The molecule has 0 aliphatic heterocycles. The van der Waals surface area contributed by atoms with Crippen molar-refractivity contribution in [3.63, 3.8) is 0 Å². The van der Waals surface area contributed by atoms with E-state index in [1.165, 1.54) is 6.42 Å². The molecule has 0 bridgehead atoms. The molecule has 2 fully saturated rings. The summed E-state index contributed by atoms with van der Waals surface area (Å²) in [5.74, 6) is 1.60. The maximum absolute atomic E-state index is 10.1. The highest BCUT2D eigenvalue weighted by atomic mass is 16.3. The van der Waals surface area contributed by atoms with Crippen LogP contribution in [0.5, 0.6) is 0 Å². The molecule has 23 heavy (non-hydrogen) atoms. The Labute approximate surface area is 137 Å². The first kappa shape index (κ1) is 16.0. The molecule has 3 rings (SSSR count). The van der Waals surface area contributed by atoms with Crippen molar-refractivity contribution in [1.29, 1.82) is 5.26 Å². The molecule has 124 valence electrons. The highest BCUT2D eigenvalue weighted by molar-refractivity contribution is 5.55. The smallest absolute Gasteiger partial charge is 0.224 e. The summed E-state index contributed by atoms with van der Waals surface area (Å²) < 4.78 is 0. The van der Waals surface area contributed by atoms with Gasteiger partial charge in [-0.2, -0.15) is 10.2 Å². The van der Waals surface area contributed by atoms with Crippen LogP contribution in [0.3, 0.4) is 0 Å². The summed E-state index contributed by atoms with van der Waals surface area (Å²) in [6, 6.07) is 2.85. The lowest BCUT2D eigenvalue weighted by Gasteiger charge is -2.37. The first-order valence-electron chi connectivity index (χ1n) is 8.53. The molecule has 0 radical (unpaired) electrons. The zero-order valence-electron chi connectivity index (χ0n) is 13.9. The number of hydrogen-bond acceptors (Lipinski definition) is 6. The molecular weight excluding hydrogens is 290 g/mol. The van der Waals surface area contributed by atoms with E-state index in [4.69, 9.17) is 0 Å². The van der Waals surface area contributed by atoms with Gasteiger partial charge in [0.1, 0.15) is 11.6 Å². The van der Waals surface area contributed by atoms with Gasteiger partial charge in [-0.1, -0.05) is 6.92 Å². The van der Waals surface area contributed by atoms with Crippen LogP contribution in [0.15, 0.2) is 6.20 Å². The number of nitrogens with one attached hydrogen (secondary N) is 1. The standard InChI is InChI=1S/C17H25N5O/c1-11-6-7-14(8-15(11)23)22(2)16-12(9-18)10-19-17(21-16)20-13-4-3-5-13/h10-11,13-15,23H,3-8H2,1-2H3,(H,19,20,21)/t11-,14-,15-/m1/s1. The molecule has 2 aliphatic rings. The summed E-state index contributed by atoms with van der Waals surface area (Å²) in [6.07, 6.45) is 7.60. The second-order valence-corrected chi connectivity index (χ2v) is 6.94. The quantitative estimate of drug-likeness (QED) is 0.887. The lowest BCUT2D eigenvalue weighted by molar-refractivity contribution is 0.0697. The van der Waals surface area contributed by atoms with Crippen LogP contribution in [0.2, 0.25) is 0 Å². The molecule has 6 heteroatoms. The Kier molecular flexibility index (Phi) is 4.67. The highest BCUT2D eigenvalue weighted by Crippen LogP contribution is 2.31. The number of rotatable bonds is 4. The predicted molar refractivity (Wildman–Crippen MR) is 89.2 cm³/mol. The normalized spacial score (nSPS) is 27.8. The Morgan fingerprint density at radius 2 is 2.13 bits per heavy atom. The van der Waals surface area contributed by atoms with Crippen LogP contribution in [-0.2, 0) is 0 Å². The van der Waals surface area contributed by atoms with Gasteiger partial charge in [0.2, 0.25) is 5.95 Å². The molecule has 2 N–H and O–H groups in total. The van der Waals surface area contributed by atoms with Gasteiger partial charge >= 0.3 is 0 Å². The van der Waals surface area contributed by atoms with Crippen molar-refractivity contribution < 1.29 is 5.11 Å². The van der Waals surface area contributed by atoms with Crippen LogP contribution >= 0.6 is 0 Å². The molecule has 0 spiro atoms. The van der Waals surface area contributed by atoms with Crippen molar-refractivity contribution in [2.45, 2.75) is 63.6 Å². The Hall–Kier alpha value is -1.87. The number of anilines is 2. The number of nitriles is 1. The lowest BCUT2D eigenvalue weighted by atomic mass is 9.84. The van der Waals surface area contributed by atoms with Gasteiger partial charge in [-0.25, -0.2) is 4.98 Å². The molecular formula is C17H25N5O. The summed E-state index contributed by atoms with van der Waals surface area (Å²) in [6.45, 7) is 2.09. The van der Waals surface area contributed by atoms with E-state index >= 15 is 0 Å². The first-order valence-corrected chi connectivity index (χ1v) is 8.53. The zero-order valence-corrected chi connectivity index (χ0v) is 13.9. The average Bonchev–Trinajstić information content (AvgIpc) is 2.52. The molecule has 2 aliphatic carbocycles. The van der Waals surface area contributed by atoms with Gasteiger partial charge in [0.25, 0.3) is 0 Å². The second kappa shape index (κ2) is 6.71. The summed E-state index contributed by atoms with van der Waals surface area (Å²) in [7, 11) is 1.96. The van der Waals surface area contributed by atoms with E-state index < -0.39 is 0 Å². The molecule has 0 saturated heterocycles. The fourth-order valence-electron chi connectivity index (χ4n) is 3.33. The van der Waals surface area contributed by atoms with Crippen LogP contribution < -0.4 is 10.2 Å². The van der Waals surface area contributed by atoms with Gasteiger partial charge in [0, 0.05) is 19.1 Å². The average molecular weight is 315 g/mol. The van der Waals surface area contributed by atoms with E-state index in [2.05, 4.69) is 28.3 Å². The number of aliphatic hydroxyl groups is 1. The molecule has 6 nitrogen and oxygen atoms in total. The third-order valence-corrected chi connectivity index (χ3v) is 5.33. The van der Waals surface area contributed by atoms with Crippen LogP contribution in [0.1, 0.15) is 51.0 Å². The Balaban J connectivity index is 1.78. The largest absolute Gasteiger partial charge is 0.393 e. The summed E-state index contributed by atoms with van der Waals surface area (Å²) >= 11 is 0. The number of nitrogens with zero attached hydrogens (tertiary/aromatic N) is 4. The first-order chi connectivity index (χ1) is 11.1. The Morgan fingerprint density at radius 3 is 2.74 bits per heavy atom. The topological polar surface area (TPSA) is 85.1 Å². The van der Waals surface area contributed by atoms with Crippen molar-refractivity contribution in [3.8, 4) is 6.07 Å². The minimum absolute atomic E-state index is 0.208. The predicted octanol–water partition coefficient (Wildman–Crippen LogP) is 2.30. The van der Waals surface area contributed by atoms with E-state index in [-0.39, 0.29) is 12.1 Å². The monoisotopic (exact) mass is 315 g/mol. The summed E-state index contributed by atoms with van der Waals surface area (Å²) in [5, 5.41) is 22.8. The van der Waals surface area contributed by atoms with Crippen molar-refractivity contribution in [2.24, 2.45) is 5.92 Å². The van der Waals surface area contributed by atoms with Crippen LogP contribution in [0.25, 0.3) is 0 Å². The molecule has 1 aromatic rings. The Morgan fingerprint density at radius 1 is 1.35 bits per heavy atom. The number of aliphatic hydroxyl groups excluding tert-OH is 1. The van der Waals surface area contributed by atoms with Crippen molar-refractivity contribution in [3.05, 3.63) is 11.8 Å². The van der Waals surface area contributed by atoms with Gasteiger partial charge in [-0.05, 0) is 44.4 Å². The number of aromatic nitrogens is 2. The van der Waals surface area contributed by atoms with E-state index in [9.17, 15) is 10.4 Å². The number of hydrogen-bond donors (Lipinski definition) is 2. The molecule has 3 atom stereocenters. The highest BCUT2D eigenvalue weighted by Gasteiger charge is 2.30. The van der Waals surface area contributed by atoms with E-state index in [0.717, 1.165) is 32.1 Å². The van der Waals surface area contributed by atoms with Crippen LogP contribution in [0.4, 0.5) is 11.8 Å². The van der Waals surface area contributed by atoms with Crippen molar-refractivity contribution >= 4 is 11.8 Å². The minimum atomic E-state index is -0.281. The summed E-state index contributed by atoms with van der Waals surface area (Å²) in [4.78, 5) is 10.9. The van der Waals surface area contributed by atoms with E-state index in [0.29, 0.717) is 29.3 Å². The minimum Gasteiger partial charge on any atom is -0.393 e. The Bertz CT molecular complexity index is 595. The second-order valence-electron chi connectivity index (χ2n) is 6.94. The maximum Gasteiger partial charge on any atom is 0.224 e. The van der Waals surface area contributed by atoms with Gasteiger partial charge in [-0.3, -0.25) is 0 Å². The molecule has 0 unspecified atom stereocenters. The van der Waals surface area contributed by atoms with Crippen molar-refractivity contribution in [1.82, 2.24) is 9.97 Å². The third-order valence-electron chi connectivity index (χ3n) is 5.33. The zero-order chi connectivity index (χ0) is 16.4. The molecule has 0 amide bonds. The van der Waals surface area contributed by atoms with Gasteiger partial charge < -0.3 is 15.3 Å². The SMILES string of the molecule is C[C@@H]1CC[C@@H](N(C)c2nc(NC3CCC3)ncc2C#N)C[C@H]1O. The fraction of sp³-hybridized carbons (Fsp3) is 0.706. The van der Waals surface area contributed by atoms with E-state index in [1.54, 1.807) is 6.20 Å². The molecule has 1 heterocycles. The van der Waals surface area contributed by atoms with E-state index in [1.807, 2.05) is 11.9 Å². The van der Waals surface area contributed by atoms with Crippen molar-refractivity contribution in [2.75, 3.05) is 17.3 Å². The lowest BCUT2D eigenvalue weighted by Crippen LogP contribution is -2.41. The molecule has 2 saturated carbocycles. The third kappa shape index (κ3) is 3.40. The maximum atomic E-state index is 10.1. The van der Waals surface area contributed by atoms with Gasteiger partial charge in [0.05, 0.1) is 12.3 Å². The van der Waals surface area contributed by atoms with Crippen LogP contribution in [-0.4, -0.2) is 40.3 Å². The van der Waals surface area contributed by atoms with Gasteiger partial charge in [0.15, 0.2) is 5.82 Å².